The van der Waals surface area contributed by atoms with Gasteiger partial charge in [-0.05, 0) is 55.0 Å². The van der Waals surface area contributed by atoms with E-state index in [1.807, 2.05) is 24.3 Å². The summed E-state index contributed by atoms with van der Waals surface area (Å²) in [4.78, 5) is 0. The van der Waals surface area contributed by atoms with Crippen molar-refractivity contribution in [2.24, 2.45) is 0 Å². The zero-order valence-electron chi connectivity index (χ0n) is 11.6. The maximum Gasteiger partial charge on any atom is 0.126 e. The minimum Gasteiger partial charge on any atom is -0.497 e. The van der Waals surface area contributed by atoms with Gasteiger partial charge in [0.25, 0.3) is 0 Å². The van der Waals surface area contributed by atoms with E-state index in [0.29, 0.717) is 24.5 Å². The summed E-state index contributed by atoms with van der Waals surface area (Å²) in [6.07, 6.45) is 0. The third kappa shape index (κ3) is 3.88. The van der Waals surface area contributed by atoms with Crippen LogP contribution in [0.5, 0.6) is 17.2 Å². The van der Waals surface area contributed by atoms with Crippen molar-refractivity contribution in [3.05, 3.63) is 53.8 Å². The van der Waals surface area contributed by atoms with Gasteiger partial charge in [-0.25, -0.2) is 4.39 Å². The SMILES string of the molecule is COc1ccc(OCCOc2ccc(F)c(C)c2)cc1. The van der Waals surface area contributed by atoms with Crippen molar-refractivity contribution in [3.8, 4) is 17.2 Å². The lowest BCUT2D eigenvalue weighted by Crippen LogP contribution is -2.09. The molecule has 0 bridgehead atoms. The summed E-state index contributed by atoms with van der Waals surface area (Å²) in [5.41, 5.74) is 0.568. The fourth-order valence-electron chi connectivity index (χ4n) is 1.70. The molecular formula is C16H17FO3. The maximum absolute atomic E-state index is 13.1. The molecule has 0 heterocycles. The highest BCUT2D eigenvalue weighted by atomic mass is 19.1. The van der Waals surface area contributed by atoms with Gasteiger partial charge >= 0.3 is 0 Å². The first-order valence-corrected chi connectivity index (χ1v) is 6.35. The number of aryl methyl sites for hydroxylation is 1. The average molecular weight is 276 g/mol. The second-order valence-corrected chi connectivity index (χ2v) is 4.28. The molecule has 20 heavy (non-hydrogen) atoms. The summed E-state index contributed by atoms with van der Waals surface area (Å²) in [5.74, 6) is 1.95. The zero-order chi connectivity index (χ0) is 14.4. The van der Waals surface area contributed by atoms with Crippen LogP contribution < -0.4 is 14.2 Å². The van der Waals surface area contributed by atoms with E-state index in [0.717, 1.165) is 11.5 Å². The smallest absolute Gasteiger partial charge is 0.126 e. The van der Waals surface area contributed by atoms with Gasteiger partial charge in [0, 0.05) is 0 Å². The van der Waals surface area contributed by atoms with Crippen molar-refractivity contribution in [1.82, 2.24) is 0 Å². The van der Waals surface area contributed by atoms with Crippen LogP contribution in [0.1, 0.15) is 5.56 Å². The van der Waals surface area contributed by atoms with E-state index >= 15 is 0 Å². The first kappa shape index (κ1) is 14.2. The monoisotopic (exact) mass is 276 g/mol. The van der Waals surface area contributed by atoms with Crippen LogP contribution in [0.25, 0.3) is 0 Å². The molecule has 0 aliphatic rings. The predicted molar refractivity (Wildman–Crippen MR) is 75.1 cm³/mol. The first-order chi connectivity index (χ1) is 9.69. The van der Waals surface area contributed by atoms with Crippen molar-refractivity contribution in [2.45, 2.75) is 6.92 Å². The van der Waals surface area contributed by atoms with Gasteiger partial charge in [0.05, 0.1) is 7.11 Å². The van der Waals surface area contributed by atoms with E-state index in [4.69, 9.17) is 14.2 Å². The van der Waals surface area contributed by atoms with Gasteiger partial charge in [-0.3, -0.25) is 0 Å². The van der Waals surface area contributed by atoms with Crippen molar-refractivity contribution in [2.75, 3.05) is 20.3 Å². The van der Waals surface area contributed by atoms with Crippen LogP contribution in [0.3, 0.4) is 0 Å². The molecule has 4 heteroatoms. The highest BCUT2D eigenvalue weighted by Gasteiger charge is 2.00. The summed E-state index contributed by atoms with van der Waals surface area (Å²) in [6.45, 7) is 2.52. The molecule has 0 saturated heterocycles. The molecule has 0 spiro atoms. The van der Waals surface area contributed by atoms with Crippen molar-refractivity contribution in [1.29, 1.82) is 0 Å². The molecule has 0 amide bonds. The third-order valence-electron chi connectivity index (χ3n) is 2.81. The van der Waals surface area contributed by atoms with Crippen LogP contribution in [-0.2, 0) is 0 Å². The Morgan fingerprint density at radius 3 is 2.00 bits per heavy atom. The zero-order valence-corrected chi connectivity index (χ0v) is 11.6. The summed E-state index contributed by atoms with van der Waals surface area (Å²) in [7, 11) is 1.62. The van der Waals surface area contributed by atoms with Crippen LogP contribution >= 0.6 is 0 Å². The Balaban J connectivity index is 1.76. The van der Waals surface area contributed by atoms with E-state index in [2.05, 4.69) is 0 Å². The lowest BCUT2D eigenvalue weighted by atomic mass is 10.2. The Hall–Kier alpha value is -2.23. The van der Waals surface area contributed by atoms with E-state index in [-0.39, 0.29) is 5.82 Å². The topological polar surface area (TPSA) is 27.7 Å². The molecule has 0 aliphatic heterocycles. The Morgan fingerprint density at radius 1 is 0.850 bits per heavy atom. The molecule has 106 valence electrons. The number of benzene rings is 2. The van der Waals surface area contributed by atoms with Crippen LogP contribution in [0.2, 0.25) is 0 Å². The Bertz CT molecular complexity index is 552. The Kier molecular flexibility index (Phi) is 4.82. The highest BCUT2D eigenvalue weighted by Crippen LogP contribution is 2.18. The molecule has 0 aromatic heterocycles. The molecule has 0 radical (unpaired) electrons. The highest BCUT2D eigenvalue weighted by molar-refractivity contribution is 5.31. The molecule has 0 atom stereocenters. The molecule has 0 N–H and O–H groups in total. The van der Waals surface area contributed by atoms with Gasteiger partial charge in [-0.2, -0.15) is 0 Å². The molecule has 2 rings (SSSR count). The fraction of sp³-hybridized carbons (Fsp3) is 0.250. The normalized spacial score (nSPS) is 10.2. The number of halogens is 1. The lowest BCUT2D eigenvalue weighted by Gasteiger charge is -2.09. The van der Waals surface area contributed by atoms with E-state index in [1.54, 1.807) is 26.2 Å². The molecular weight excluding hydrogens is 259 g/mol. The van der Waals surface area contributed by atoms with Crippen LogP contribution in [0.4, 0.5) is 4.39 Å². The summed E-state index contributed by atoms with van der Waals surface area (Å²) >= 11 is 0. The van der Waals surface area contributed by atoms with Gasteiger partial charge in [0.1, 0.15) is 36.3 Å². The average Bonchev–Trinajstić information content (AvgIpc) is 2.48. The van der Waals surface area contributed by atoms with Crippen LogP contribution in [-0.4, -0.2) is 20.3 Å². The van der Waals surface area contributed by atoms with E-state index in [1.165, 1.54) is 6.07 Å². The predicted octanol–water partition coefficient (Wildman–Crippen LogP) is 3.60. The summed E-state index contributed by atoms with van der Waals surface area (Å²) in [5, 5.41) is 0. The number of methoxy groups -OCH3 is 1. The number of hydrogen-bond donors (Lipinski definition) is 0. The van der Waals surface area contributed by atoms with Gasteiger partial charge in [-0.1, -0.05) is 0 Å². The van der Waals surface area contributed by atoms with Crippen molar-refractivity contribution < 1.29 is 18.6 Å². The van der Waals surface area contributed by atoms with Gasteiger partial charge in [-0.15, -0.1) is 0 Å². The molecule has 3 nitrogen and oxygen atoms in total. The molecule has 0 unspecified atom stereocenters. The van der Waals surface area contributed by atoms with Crippen LogP contribution in [0, 0.1) is 12.7 Å². The van der Waals surface area contributed by atoms with E-state index in [9.17, 15) is 4.39 Å². The van der Waals surface area contributed by atoms with Gasteiger partial charge < -0.3 is 14.2 Å². The maximum atomic E-state index is 13.1. The van der Waals surface area contributed by atoms with Crippen molar-refractivity contribution in [3.63, 3.8) is 0 Å². The molecule has 0 saturated carbocycles. The quantitative estimate of drug-likeness (QED) is 0.754. The van der Waals surface area contributed by atoms with Gasteiger partial charge in [0.2, 0.25) is 0 Å². The van der Waals surface area contributed by atoms with E-state index < -0.39 is 0 Å². The fourth-order valence-corrected chi connectivity index (χ4v) is 1.70. The molecule has 0 aliphatic carbocycles. The first-order valence-electron chi connectivity index (χ1n) is 6.35. The van der Waals surface area contributed by atoms with Crippen LogP contribution in [0.15, 0.2) is 42.5 Å². The Morgan fingerprint density at radius 2 is 1.40 bits per heavy atom. The number of rotatable bonds is 6. The number of hydrogen-bond acceptors (Lipinski definition) is 3. The summed E-state index contributed by atoms with van der Waals surface area (Å²) < 4.78 is 29.2. The second kappa shape index (κ2) is 6.80. The minimum atomic E-state index is -0.230. The molecule has 0 fully saturated rings. The van der Waals surface area contributed by atoms with Crippen molar-refractivity contribution >= 4 is 0 Å². The number of ether oxygens (including phenoxy) is 3. The van der Waals surface area contributed by atoms with Gasteiger partial charge in [0.15, 0.2) is 0 Å². The largest absolute Gasteiger partial charge is 0.497 e. The summed E-state index contributed by atoms with van der Waals surface area (Å²) in [6, 6.07) is 12.0. The minimum absolute atomic E-state index is 0.230. The molecule has 2 aromatic rings. The Labute approximate surface area is 117 Å². The second-order valence-electron chi connectivity index (χ2n) is 4.28. The standard InChI is InChI=1S/C16H17FO3/c1-12-11-15(7-8-16(12)17)20-10-9-19-14-5-3-13(18-2)4-6-14/h3-8,11H,9-10H2,1-2H3. The lowest BCUT2D eigenvalue weighted by molar-refractivity contribution is 0.217. The third-order valence-corrected chi connectivity index (χ3v) is 2.81. The molecule has 2 aromatic carbocycles.